The van der Waals surface area contributed by atoms with Crippen LogP contribution in [0.5, 0.6) is 0 Å². The van der Waals surface area contributed by atoms with Crippen LogP contribution < -0.4 is 5.56 Å². The van der Waals surface area contributed by atoms with Crippen molar-refractivity contribution in [3.05, 3.63) is 49.9 Å². The lowest BCUT2D eigenvalue weighted by atomic mass is 10.2. The number of nitrogens with zero attached hydrogens (tertiary/aromatic N) is 1. The molecule has 106 valence electrons. The average Bonchev–Trinajstić information content (AvgIpc) is 2.89. The number of rotatable bonds is 2. The predicted octanol–water partition coefficient (Wildman–Crippen LogP) is 2.31. The number of methoxy groups -OCH3 is 1. The number of pyridine rings is 1. The summed E-state index contributed by atoms with van der Waals surface area (Å²) >= 11 is 2.07. The number of ether oxygens (including phenoxy) is 1. The van der Waals surface area contributed by atoms with Crippen molar-refractivity contribution in [1.82, 2.24) is 15.0 Å². The maximum atomic E-state index is 12.0. The SMILES string of the molecule is COC(=O)c1cccc2[nH]c(-c3c(I)cc[nH]c3=O)nc12. The molecule has 0 unspecified atom stereocenters. The minimum Gasteiger partial charge on any atom is -0.465 e. The Morgan fingerprint density at radius 3 is 2.86 bits per heavy atom. The number of carbonyl (C=O) groups excluding carboxylic acids is 1. The third-order valence-corrected chi connectivity index (χ3v) is 3.96. The molecule has 2 N–H and O–H groups in total. The molecular formula is C14H10IN3O3. The molecule has 1 aromatic carbocycles. The zero-order chi connectivity index (χ0) is 15.0. The molecule has 0 amide bonds. The van der Waals surface area contributed by atoms with Crippen LogP contribution in [-0.2, 0) is 4.74 Å². The van der Waals surface area contributed by atoms with Gasteiger partial charge in [-0.25, -0.2) is 9.78 Å². The van der Waals surface area contributed by atoms with E-state index in [2.05, 4.69) is 37.5 Å². The fourth-order valence-corrected chi connectivity index (χ4v) is 2.78. The summed E-state index contributed by atoms with van der Waals surface area (Å²) in [5.41, 5.74) is 1.73. The Morgan fingerprint density at radius 1 is 1.33 bits per heavy atom. The van der Waals surface area contributed by atoms with Crippen molar-refractivity contribution in [1.29, 1.82) is 0 Å². The number of fused-ring (bicyclic) bond motifs is 1. The van der Waals surface area contributed by atoms with Crippen LogP contribution in [0.1, 0.15) is 10.4 Å². The average molecular weight is 395 g/mol. The van der Waals surface area contributed by atoms with Gasteiger partial charge < -0.3 is 14.7 Å². The molecule has 0 bridgehead atoms. The Balaban J connectivity index is 2.27. The molecule has 6 nitrogen and oxygen atoms in total. The third kappa shape index (κ3) is 2.33. The van der Waals surface area contributed by atoms with E-state index >= 15 is 0 Å². The van der Waals surface area contributed by atoms with Crippen molar-refractivity contribution >= 4 is 39.6 Å². The van der Waals surface area contributed by atoms with Gasteiger partial charge in [-0.3, -0.25) is 4.79 Å². The summed E-state index contributed by atoms with van der Waals surface area (Å²) in [4.78, 5) is 33.8. The largest absolute Gasteiger partial charge is 0.465 e. The molecule has 0 saturated carbocycles. The summed E-state index contributed by atoms with van der Waals surface area (Å²) < 4.78 is 5.52. The quantitative estimate of drug-likeness (QED) is 0.515. The van der Waals surface area contributed by atoms with Crippen LogP contribution in [0.25, 0.3) is 22.4 Å². The second kappa shape index (κ2) is 5.32. The van der Waals surface area contributed by atoms with E-state index in [1.54, 1.807) is 30.5 Å². The van der Waals surface area contributed by atoms with Gasteiger partial charge in [0.15, 0.2) is 0 Å². The first-order valence-electron chi connectivity index (χ1n) is 6.06. The van der Waals surface area contributed by atoms with Gasteiger partial charge in [0.1, 0.15) is 11.3 Å². The van der Waals surface area contributed by atoms with Gasteiger partial charge in [-0.15, -0.1) is 0 Å². The van der Waals surface area contributed by atoms with Crippen molar-refractivity contribution in [2.45, 2.75) is 0 Å². The fraction of sp³-hybridized carbons (Fsp3) is 0.0714. The summed E-state index contributed by atoms with van der Waals surface area (Å²) in [5, 5.41) is 0. The van der Waals surface area contributed by atoms with Crippen LogP contribution in [0.3, 0.4) is 0 Å². The second-order valence-corrected chi connectivity index (χ2v) is 5.47. The lowest BCUT2D eigenvalue weighted by Crippen LogP contribution is -2.10. The van der Waals surface area contributed by atoms with Gasteiger partial charge >= 0.3 is 5.97 Å². The Hall–Kier alpha value is -2.16. The minimum absolute atomic E-state index is 0.236. The van der Waals surface area contributed by atoms with E-state index in [-0.39, 0.29) is 5.56 Å². The number of aromatic nitrogens is 3. The monoisotopic (exact) mass is 395 g/mol. The van der Waals surface area contributed by atoms with Gasteiger partial charge in [0, 0.05) is 9.77 Å². The van der Waals surface area contributed by atoms with Gasteiger partial charge in [0.2, 0.25) is 0 Å². The Kier molecular flexibility index (Phi) is 3.50. The van der Waals surface area contributed by atoms with Crippen LogP contribution in [0, 0.1) is 3.57 Å². The van der Waals surface area contributed by atoms with Crippen molar-refractivity contribution in [3.63, 3.8) is 0 Å². The van der Waals surface area contributed by atoms with Gasteiger partial charge in [0.25, 0.3) is 5.56 Å². The number of imidazole rings is 1. The molecule has 0 radical (unpaired) electrons. The molecule has 3 aromatic rings. The normalized spacial score (nSPS) is 10.8. The van der Waals surface area contributed by atoms with E-state index in [4.69, 9.17) is 4.74 Å². The van der Waals surface area contributed by atoms with Crippen LogP contribution in [0.2, 0.25) is 0 Å². The predicted molar refractivity (Wildman–Crippen MR) is 86.2 cm³/mol. The second-order valence-electron chi connectivity index (χ2n) is 4.31. The number of para-hydroxylation sites is 1. The van der Waals surface area contributed by atoms with Crippen molar-refractivity contribution < 1.29 is 9.53 Å². The van der Waals surface area contributed by atoms with E-state index in [1.807, 2.05) is 0 Å². The Bertz CT molecular complexity index is 898. The topological polar surface area (TPSA) is 87.8 Å². The Labute approximate surface area is 132 Å². The van der Waals surface area contributed by atoms with Crippen molar-refractivity contribution in [2.75, 3.05) is 7.11 Å². The number of halogens is 1. The van der Waals surface area contributed by atoms with Gasteiger partial charge in [-0.05, 0) is 40.8 Å². The van der Waals surface area contributed by atoms with Crippen LogP contribution in [0.4, 0.5) is 0 Å². The number of aromatic amines is 2. The molecule has 0 aliphatic heterocycles. The molecular weight excluding hydrogens is 385 g/mol. The minimum atomic E-state index is -0.463. The number of hydrogen-bond acceptors (Lipinski definition) is 4. The lowest BCUT2D eigenvalue weighted by molar-refractivity contribution is 0.0603. The first-order chi connectivity index (χ1) is 10.1. The molecule has 0 saturated heterocycles. The van der Waals surface area contributed by atoms with Gasteiger partial charge in [-0.1, -0.05) is 6.07 Å². The number of nitrogens with one attached hydrogen (secondary N) is 2. The molecule has 0 atom stereocenters. The molecule has 7 heteroatoms. The van der Waals surface area contributed by atoms with Crippen LogP contribution in [0.15, 0.2) is 35.3 Å². The van der Waals surface area contributed by atoms with Gasteiger partial charge in [-0.2, -0.15) is 0 Å². The fourth-order valence-electron chi connectivity index (χ4n) is 2.10. The van der Waals surface area contributed by atoms with Crippen LogP contribution >= 0.6 is 22.6 Å². The third-order valence-electron chi connectivity index (χ3n) is 3.06. The summed E-state index contributed by atoms with van der Waals surface area (Å²) in [7, 11) is 1.32. The number of esters is 1. The van der Waals surface area contributed by atoms with Crippen LogP contribution in [-0.4, -0.2) is 28.0 Å². The first kappa shape index (κ1) is 13.8. The summed E-state index contributed by atoms with van der Waals surface area (Å²) in [5.74, 6) is -0.0390. The highest BCUT2D eigenvalue weighted by molar-refractivity contribution is 14.1. The van der Waals surface area contributed by atoms with Crippen molar-refractivity contribution in [2.24, 2.45) is 0 Å². The van der Waals surface area contributed by atoms with E-state index in [1.165, 1.54) is 7.11 Å². The molecule has 2 aromatic heterocycles. The number of hydrogen-bond donors (Lipinski definition) is 2. The first-order valence-corrected chi connectivity index (χ1v) is 7.14. The highest BCUT2D eigenvalue weighted by atomic mass is 127. The molecule has 0 fully saturated rings. The van der Waals surface area contributed by atoms with Crippen molar-refractivity contribution in [3.8, 4) is 11.4 Å². The number of benzene rings is 1. The lowest BCUT2D eigenvalue weighted by Gasteiger charge is -1.99. The molecule has 2 heterocycles. The zero-order valence-electron chi connectivity index (χ0n) is 10.9. The number of carbonyl (C=O) groups is 1. The van der Waals surface area contributed by atoms with E-state index in [9.17, 15) is 9.59 Å². The molecule has 0 aliphatic carbocycles. The maximum Gasteiger partial charge on any atom is 0.340 e. The summed E-state index contributed by atoms with van der Waals surface area (Å²) in [6, 6.07) is 6.95. The summed E-state index contributed by atoms with van der Waals surface area (Å²) in [6.45, 7) is 0. The smallest absolute Gasteiger partial charge is 0.340 e. The highest BCUT2D eigenvalue weighted by Crippen LogP contribution is 2.24. The molecule has 0 aliphatic rings. The maximum absolute atomic E-state index is 12.0. The van der Waals surface area contributed by atoms with E-state index in [0.29, 0.717) is 28.0 Å². The number of H-pyrrole nitrogens is 2. The van der Waals surface area contributed by atoms with E-state index < -0.39 is 5.97 Å². The summed E-state index contributed by atoms with van der Waals surface area (Å²) in [6.07, 6.45) is 1.58. The standard InChI is InChI=1S/C14H10IN3O3/c1-21-14(20)7-3-2-4-9-11(7)18-12(17-9)10-8(15)5-6-16-13(10)19/h2-6H,1H3,(H,16,19)(H,17,18). The molecule has 3 rings (SSSR count). The highest BCUT2D eigenvalue weighted by Gasteiger charge is 2.17. The Morgan fingerprint density at radius 2 is 2.14 bits per heavy atom. The zero-order valence-corrected chi connectivity index (χ0v) is 13.1. The van der Waals surface area contributed by atoms with Gasteiger partial charge in [0.05, 0.1) is 23.8 Å². The van der Waals surface area contributed by atoms with E-state index in [0.717, 1.165) is 3.57 Å². The molecule has 21 heavy (non-hydrogen) atoms. The molecule has 0 spiro atoms.